The number of aromatic nitrogens is 5. The van der Waals surface area contributed by atoms with Crippen molar-refractivity contribution in [2.24, 2.45) is 0 Å². The Labute approximate surface area is 225 Å². The molecule has 0 spiro atoms. The minimum Gasteiger partial charge on any atom is -0.457 e. The number of likely N-dealkylation sites (N-methyl/N-ethyl adjacent to an activating group) is 1. The summed E-state index contributed by atoms with van der Waals surface area (Å²) in [5.74, 6) is 1.90. The molecule has 10 nitrogen and oxygen atoms in total. The van der Waals surface area contributed by atoms with Crippen molar-refractivity contribution in [3.63, 3.8) is 0 Å². The van der Waals surface area contributed by atoms with E-state index in [1.165, 1.54) is 12.7 Å². The van der Waals surface area contributed by atoms with E-state index in [0.717, 1.165) is 47.3 Å². The number of rotatable bonds is 7. The first-order valence-electron chi connectivity index (χ1n) is 12.8. The number of fused-ring (bicyclic) bond motifs is 2. The topological polar surface area (TPSA) is 110 Å². The van der Waals surface area contributed by atoms with E-state index < -0.39 is 0 Å². The molecule has 0 bridgehead atoms. The Bertz CT molecular complexity index is 1700. The number of anilines is 3. The normalized spacial score (nSPS) is 15.8. The van der Waals surface area contributed by atoms with Crippen LogP contribution in [0.3, 0.4) is 0 Å². The standard InChI is InChI=1S/C29H28N8O2/c1-19-14-20(6-9-26(19)39-23-11-13-37-27(16-23)31-18-33-37)35-29-24-15-21(5-8-25(24)30-17-32-29)34-28(38)10-7-22-4-3-12-36(22)2/h5-11,13-18,22H,3-4,12H2,1-2H3,(H,34,38)(H,30,32,35). The van der Waals surface area contributed by atoms with Crippen molar-refractivity contribution in [2.75, 3.05) is 24.2 Å². The van der Waals surface area contributed by atoms with Crippen LogP contribution >= 0.6 is 0 Å². The summed E-state index contributed by atoms with van der Waals surface area (Å²) in [6.07, 6.45) is 10.7. The molecule has 2 aromatic carbocycles. The van der Waals surface area contributed by atoms with Crippen molar-refractivity contribution in [3.05, 3.63) is 85.1 Å². The van der Waals surface area contributed by atoms with E-state index >= 15 is 0 Å². The van der Waals surface area contributed by atoms with Gasteiger partial charge in [0.05, 0.1) is 5.52 Å². The van der Waals surface area contributed by atoms with Crippen LogP contribution in [0.1, 0.15) is 18.4 Å². The number of ether oxygens (including phenoxy) is 1. The van der Waals surface area contributed by atoms with Gasteiger partial charge in [-0.1, -0.05) is 6.08 Å². The highest BCUT2D eigenvalue weighted by molar-refractivity contribution is 6.02. The maximum atomic E-state index is 12.6. The van der Waals surface area contributed by atoms with Crippen LogP contribution < -0.4 is 15.4 Å². The molecule has 1 aliphatic rings. The van der Waals surface area contributed by atoms with Crippen LogP contribution in [0.5, 0.6) is 11.5 Å². The summed E-state index contributed by atoms with van der Waals surface area (Å²) in [5, 5.41) is 11.3. The van der Waals surface area contributed by atoms with Gasteiger partial charge in [0.2, 0.25) is 5.91 Å². The van der Waals surface area contributed by atoms with Crippen molar-refractivity contribution in [1.29, 1.82) is 0 Å². The van der Waals surface area contributed by atoms with E-state index in [1.807, 2.05) is 67.7 Å². The molecule has 0 saturated carbocycles. The van der Waals surface area contributed by atoms with Crippen LogP contribution in [0.15, 0.2) is 79.5 Å². The zero-order chi connectivity index (χ0) is 26.8. The second-order valence-electron chi connectivity index (χ2n) is 9.63. The highest BCUT2D eigenvalue weighted by atomic mass is 16.5. The summed E-state index contributed by atoms with van der Waals surface area (Å²) in [6, 6.07) is 15.4. The van der Waals surface area contributed by atoms with Crippen LogP contribution in [-0.4, -0.2) is 55.0 Å². The summed E-state index contributed by atoms with van der Waals surface area (Å²) < 4.78 is 7.77. The fraction of sp³-hybridized carbons (Fsp3) is 0.207. The molecule has 3 aromatic heterocycles. The molecule has 1 saturated heterocycles. The Morgan fingerprint density at radius 2 is 1.95 bits per heavy atom. The van der Waals surface area contributed by atoms with E-state index in [2.05, 4.69) is 42.6 Å². The molecule has 1 amide bonds. The maximum absolute atomic E-state index is 12.6. The average molecular weight is 521 g/mol. The van der Waals surface area contributed by atoms with Crippen LogP contribution in [0.25, 0.3) is 16.6 Å². The van der Waals surface area contributed by atoms with Crippen molar-refractivity contribution in [2.45, 2.75) is 25.8 Å². The molecule has 10 heteroatoms. The van der Waals surface area contributed by atoms with Crippen molar-refractivity contribution in [1.82, 2.24) is 29.5 Å². The van der Waals surface area contributed by atoms with Crippen LogP contribution in [0, 0.1) is 6.92 Å². The first-order valence-corrected chi connectivity index (χ1v) is 12.8. The first kappa shape index (κ1) is 24.5. The molecule has 1 fully saturated rings. The number of carbonyl (C=O) groups is 1. The van der Waals surface area contributed by atoms with Gasteiger partial charge in [0.15, 0.2) is 5.65 Å². The molecule has 196 valence electrons. The molecule has 1 atom stereocenters. The Kier molecular flexibility index (Phi) is 6.60. The molecule has 39 heavy (non-hydrogen) atoms. The number of aryl methyl sites for hydroxylation is 1. The van der Waals surface area contributed by atoms with Gasteiger partial charge in [-0.25, -0.2) is 19.5 Å². The van der Waals surface area contributed by atoms with Crippen molar-refractivity contribution in [3.8, 4) is 11.5 Å². The van der Waals surface area contributed by atoms with Gasteiger partial charge in [0.25, 0.3) is 0 Å². The monoisotopic (exact) mass is 520 g/mol. The molecular formula is C29H28N8O2. The molecule has 6 rings (SSSR count). The zero-order valence-electron chi connectivity index (χ0n) is 21.7. The van der Waals surface area contributed by atoms with Crippen LogP contribution in [0.4, 0.5) is 17.2 Å². The number of nitrogens with one attached hydrogen (secondary N) is 2. The molecule has 5 aromatic rings. The first-order chi connectivity index (χ1) is 19.0. The number of likely N-dealkylation sites (tertiary alicyclic amines) is 1. The van der Waals surface area contributed by atoms with Gasteiger partial charge < -0.3 is 15.4 Å². The van der Waals surface area contributed by atoms with Gasteiger partial charge in [-0.15, -0.1) is 0 Å². The van der Waals surface area contributed by atoms with E-state index in [9.17, 15) is 4.79 Å². The van der Waals surface area contributed by atoms with E-state index in [4.69, 9.17) is 4.74 Å². The van der Waals surface area contributed by atoms with Gasteiger partial charge >= 0.3 is 0 Å². The van der Waals surface area contributed by atoms with E-state index in [-0.39, 0.29) is 5.91 Å². The molecule has 0 aliphatic carbocycles. The molecule has 0 radical (unpaired) electrons. The summed E-state index contributed by atoms with van der Waals surface area (Å²) in [6.45, 7) is 3.05. The van der Waals surface area contributed by atoms with Crippen LogP contribution in [-0.2, 0) is 4.79 Å². The Morgan fingerprint density at radius 3 is 2.79 bits per heavy atom. The number of carbonyl (C=O) groups excluding carboxylic acids is 1. The fourth-order valence-electron chi connectivity index (χ4n) is 4.76. The summed E-state index contributed by atoms with van der Waals surface area (Å²) in [4.78, 5) is 27.9. The molecule has 1 aliphatic heterocycles. The number of hydrogen-bond acceptors (Lipinski definition) is 8. The average Bonchev–Trinajstić information content (AvgIpc) is 3.57. The Hall–Kier alpha value is -4.83. The molecule has 1 unspecified atom stereocenters. The summed E-state index contributed by atoms with van der Waals surface area (Å²) in [7, 11) is 2.08. The predicted molar refractivity (Wildman–Crippen MR) is 150 cm³/mol. The quantitative estimate of drug-likeness (QED) is 0.285. The smallest absolute Gasteiger partial charge is 0.248 e. The second kappa shape index (κ2) is 10.5. The highest BCUT2D eigenvalue weighted by Gasteiger charge is 2.18. The number of benzene rings is 2. The Morgan fingerprint density at radius 1 is 1.05 bits per heavy atom. The lowest BCUT2D eigenvalue weighted by molar-refractivity contribution is -0.111. The molecular weight excluding hydrogens is 492 g/mol. The van der Waals surface area contributed by atoms with Gasteiger partial charge in [0, 0.05) is 41.1 Å². The fourth-order valence-corrected chi connectivity index (χ4v) is 4.76. The van der Waals surface area contributed by atoms with E-state index in [1.54, 1.807) is 10.6 Å². The third kappa shape index (κ3) is 5.41. The third-order valence-corrected chi connectivity index (χ3v) is 6.87. The number of pyridine rings is 1. The number of nitrogens with zero attached hydrogens (tertiary/aromatic N) is 6. The second-order valence-corrected chi connectivity index (χ2v) is 9.63. The van der Waals surface area contributed by atoms with Gasteiger partial charge in [-0.2, -0.15) is 5.10 Å². The SMILES string of the molecule is Cc1cc(Nc2ncnc3ccc(NC(=O)C=CC4CCCN4C)cc23)ccc1Oc1ccn2ncnc2c1. The van der Waals surface area contributed by atoms with E-state index in [0.29, 0.717) is 28.9 Å². The largest absolute Gasteiger partial charge is 0.457 e. The van der Waals surface area contributed by atoms with Crippen LogP contribution in [0.2, 0.25) is 0 Å². The lowest BCUT2D eigenvalue weighted by Crippen LogP contribution is -2.23. The summed E-state index contributed by atoms with van der Waals surface area (Å²) in [5.41, 5.74) is 3.97. The van der Waals surface area contributed by atoms with Crippen molar-refractivity contribution < 1.29 is 9.53 Å². The zero-order valence-corrected chi connectivity index (χ0v) is 21.7. The number of amides is 1. The lowest BCUT2D eigenvalue weighted by atomic mass is 10.1. The van der Waals surface area contributed by atoms with Gasteiger partial charge in [-0.05, 0) is 81.4 Å². The minimum atomic E-state index is -0.157. The minimum absolute atomic E-state index is 0.157. The lowest BCUT2D eigenvalue weighted by Gasteiger charge is -2.14. The van der Waals surface area contributed by atoms with Gasteiger partial charge in [0.1, 0.15) is 30.0 Å². The predicted octanol–water partition coefficient (Wildman–Crippen LogP) is 5.11. The summed E-state index contributed by atoms with van der Waals surface area (Å²) >= 11 is 0. The van der Waals surface area contributed by atoms with Gasteiger partial charge in [-0.3, -0.25) is 9.69 Å². The highest BCUT2D eigenvalue weighted by Crippen LogP contribution is 2.31. The molecule has 4 heterocycles. The maximum Gasteiger partial charge on any atom is 0.248 e. The Balaban J connectivity index is 1.18. The third-order valence-electron chi connectivity index (χ3n) is 6.87. The number of hydrogen-bond donors (Lipinski definition) is 2. The molecule has 2 N–H and O–H groups in total. The van der Waals surface area contributed by atoms with Crippen molar-refractivity contribution >= 4 is 39.6 Å².